The van der Waals surface area contributed by atoms with Gasteiger partial charge in [0.25, 0.3) is 15.7 Å². The number of hydrazone groups is 1. The molecule has 0 fully saturated rings. The highest BCUT2D eigenvalue weighted by Crippen LogP contribution is 2.32. The summed E-state index contributed by atoms with van der Waals surface area (Å²) >= 11 is 5.80. The lowest BCUT2D eigenvalue weighted by Crippen LogP contribution is -2.13. The third-order valence-electron chi connectivity index (χ3n) is 4.37. The van der Waals surface area contributed by atoms with Gasteiger partial charge in [-0.3, -0.25) is 20.3 Å². The van der Waals surface area contributed by atoms with Crippen molar-refractivity contribution in [1.82, 2.24) is 0 Å². The first-order valence-corrected chi connectivity index (χ1v) is 10.9. The molecule has 3 aromatic rings. The number of rotatable bonds is 7. The molecule has 0 amide bonds. The van der Waals surface area contributed by atoms with Gasteiger partial charge in [-0.1, -0.05) is 11.6 Å². The Balaban J connectivity index is 1.53. The highest BCUT2D eigenvalue weighted by atomic mass is 35.5. The first kappa shape index (κ1) is 21.4. The van der Waals surface area contributed by atoms with Gasteiger partial charge >= 0.3 is 0 Å². The normalized spacial score (nSPS) is 12.7. The van der Waals surface area contributed by atoms with Crippen LogP contribution in [-0.4, -0.2) is 26.3 Å². The van der Waals surface area contributed by atoms with Crippen LogP contribution < -0.4 is 19.6 Å². The molecule has 3 aromatic carbocycles. The maximum atomic E-state index is 12.6. The zero-order valence-corrected chi connectivity index (χ0v) is 17.8. The molecule has 1 aliphatic heterocycles. The predicted octanol–water partition coefficient (Wildman–Crippen LogP) is 4.22. The van der Waals surface area contributed by atoms with Crippen molar-refractivity contribution >= 4 is 44.9 Å². The number of nitrogens with zero attached hydrogens (tertiary/aromatic N) is 2. The Morgan fingerprint density at radius 3 is 2.53 bits per heavy atom. The van der Waals surface area contributed by atoms with Gasteiger partial charge < -0.3 is 9.47 Å². The summed E-state index contributed by atoms with van der Waals surface area (Å²) in [6, 6.07) is 14.6. The summed E-state index contributed by atoms with van der Waals surface area (Å²) in [6.45, 7) is 0.141. The van der Waals surface area contributed by atoms with Gasteiger partial charge in [0, 0.05) is 16.8 Å². The van der Waals surface area contributed by atoms with Crippen LogP contribution in [0.2, 0.25) is 5.02 Å². The molecule has 0 aliphatic carbocycles. The SMILES string of the molecule is O=[N+]([O-])c1cc(S(=O)(=O)Nc2ccc(Cl)cc2)ccc1N/N=C\c1ccc2c(c1)OCO2. The molecule has 0 radical (unpaired) electrons. The standard InChI is InChI=1S/C20H15ClN4O6S/c21-14-2-4-15(5-3-14)24-32(28,29)16-6-7-17(18(10-16)25(26)27)23-22-11-13-1-8-19-20(9-13)31-12-30-19/h1-11,23-24H,12H2/b22-11-. The molecule has 32 heavy (non-hydrogen) atoms. The lowest BCUT2D eigenvalue weighted by molar-refractivity contribution is -0.384. The van der Waals surface area contributed by atoms with Crippen molar-refractivity contribution in [2.24, 2.45) is 5.10 Å². The molecule has 10 nitrogen and oxygen atoms in total. The number of nitrogens with one attached hydrogen (secondary N) is 2. The number of sulfonamides is 1. The second-order valence-electron chi connectivity index (χ2n) is 6.53. The van der Waals surface area contributed by atoms with Gasteiger partial charge in [-0.15, -0.1) is 0 Å². The summed E-state index contributed by atoms with van der Waals surface area (Å²) in [5.74, 6) is 1.19. The van der Waals surface area contributed by atoms with Gasteiger partial charge in [0.2, 0.25) is 6.79 Å². The zero-order valence-electron chi connectivity index (χ0n) is 16.2. The van der Waals surface area contributed by atoms with Gasteiger partial charge in [0.15, 0.2) is 11.5 Å². The van der Waals surface area contributed by atoms with E-state index < -0.39 is 20.6 Å². The van der Waals surface area contributed by atoms with E-state index in [1.165, 1.54) is 42.6 Å². The third-order valence-corrected chi connectivity index (χ3v) is 6.00. The molecule has 0 saturated heterocycles. The Kier molecular flexibility index (Phi) is 5.84. The van der Waals surface area contributed by atoms with Crippen LogP contribution in [0.4, 0.5) is 17.1 Å². The lowest BCUT2D eigenvalue weighted by Gasteiger charge is -2.09. The average Bonchev–Trinajstić information content (AvgIpc) is 3.23. The molecule has 0 bridgehead atoms. The number of nitro benzene ring substituents is 1. The minimum Gasteiger partial charge on any atom is -0.454 e. The Morgan fingerprint density at radius 2 is 1.78 bits per heavy atom. The topological polar surface area (TPSA) is 132 Å². The monoisotopic (exact) mass is 474 g/mol. The molecule has 164 valence electrons. The number of hydrogen-bond acceptors (Lipinski definition) is 8. The van der Waals surface area contributed by atoms with E-state index >= 15 is 0 Å². The fourth-order valence-corrected chi connectivity index (χ4v) is 4.03. The molecule has 4 rings (SSSR count). The Hall–Kier alpha value is -3.83. The molecule has 0 spiro atoms. The molecule has 12 heteroatoms. The fourth-order valence-electron chi connectivity index (χ4n) is 2.83. The smallest absolute Gasteiger partial charge is 0.295 e. The van der Waals surface area contributed by atoms with E-state index in [-0.39, 0.29) is 23.1 Å². The Morgan fingerprint density at radius 1 is 1.03 bits per heavy atom. The van der Waals surface area contributed by atoms with Gasteiger partial charge in [-0.25, -0.2) is 8.42 Å². The van der Waals surface area contributed by atoms with Gasteiger partial charge in [-0.2, -0.15) is 5.10 Å². The summed E-state index contributed by atoms with van der Waals surface area (Å²) in [6.07, 6.45) is 1.44. The van der Waals surface area contributed by atoms with Gasteiger partial charge in [0.1, 0.15) is 5.69 Å². The van der Waals surface area contributed by atoms with Crippen molar-refractivity contribution in [3.63, 3.8) is 0 Å². The Labute approximate surface area is 187 Å². The number of benzene rings is 3. The summed E-state index contributed by atoms with van der Waals surface area (Å²) in [7, 11) is -4.06. The number of nitro groups is 1. The molecule has 1 aliphatic rings. The molecule has 0 aromatic heterocycles. The molecule has 0 atom stereocenters. The summed E-state index contributed by atoms with van der Waals surface area (Å²) in [5.41, 5.74) is 3.09. The molecular formula is C20H15ClN4O6S. The van der Waals surface area contributed by atoms with Crippen LogP contribution in [0, 0.1) is 10.1 Å². The second-order valence-corrected chi connectivity index (χ2v) is 8.65. The third kappa shape index (κ3) is 4.74. The van der Waals surface area contributed by atoms with Gasteiger partial charge in [-0.05, 0) is 60.2 Å². The van der Waals surface area contributed by atoms with Crippen LogP contribution in [0.5, 0.6) is 11.5 Å². The maximum Gasteiger partial charge on any atom is 0.295 e. The van der Waals surface area contributed by atoms with E-state index in [9.17, 15) is 18.5 Å². The quantitative estimate of drug-likeness (QED) is 0.297. The van der Waals surface area contributed by atoms with E-state index in [1.807, 2.05) is 0 Å². The van der Waals surface area contributed by atoms with Crippen LogP contribution in [0.1, 0.15) is 5.56 Å². The highest BCUT2D eigenvalue weighted by molar-refractivity contribution is 7.92. The van der Waals surface area contributed by atoms with E-state index in [2.05, 4.69) is 15.2 Å². The van der Waals surface area contributed by atoms with E-state index in [0.29, 0.717) is 22.1 Å². The maximum absolute atomic E-state index is 12.6. The predicted molar refractivity (Wildman–Crippen MR) is 119 cm³/mol. The van der Waals surface area contributed by atoms with E-state index in [1.54, 1.807) is 18.2 Å². The number of ether oxygens (including phenoxy) is 2. The first-order chi connectivity index (χ1) is 15.3. The number of fused-ring (bicyclic) bond motifs is 1. The lowest BCUT2D eigenvalue weighted by atomic mass is 10.2. The largest absolute Gasteiger partial charge is 0.454 e. The van der Waals surface area contributed by atoms with Crippen molar-refractivity contribution in [3.8, 4) is 11.5 Å². The molecule has 1 heterocycles. The van der Waals surface area contributed by atoms with Crippen molar-refractivity contribution in [3.05, 3.63) is 81.4 Å². The summed E-state index contributed by atoms with van der Waals surface area (Å²) < 4.78 is 38.1. The van der Waals surface area contributed by atoms with Crippen molar-refractivity contribution < 1.29 is 22.8 Å². The van der Waals surface area contributed by atoms with E-state index in [0.717, 1.165) is 6.07 Å². The number of hydrogen-bond donors (Lipinski definition) is 2. The molecule has 0 saturated carbocycles. The molecular weight excluding hydrogens is 460 g/mol. The van der Waals surface area contributed by atoms with Crippen LogP contribution in [0.3, 0.4) is 0 Å². The minimum absolute atomic E-state index is 0.0254. The second kappa shape index (κ2) is 8.73. The van der Waals surface area contributed by atoms with Crippen molar-refractivity contribution in [2.75, 3.05) is 16.9 Å². The number of halogens is 1. The van der Waals surface area contributed by atoms with Crippen LogP contribution in [0.15, 0.2) is 70.7 Å². The van der Waals surface area contributed by atoms with E-state index in [4.69, 9.17) is 21.1 Å². The van der Waals surface area contributed by atoms with Crippen LogP contribution in [0.25, 0.3) is 0 Å². The molecule has 0 unspecified atom stereocenters. The van der Waals surface area contributed by atoms with Crippen molar-refractivity contribution in [2.45, 2.75) is 4.90 Å². The fraction of sp³-hybridized carbons (Fsp3) is 0.0500. The van der Waals surface area contributed by atoms with Crippen molar-refractivity contribution in [1.29, 1.82) is 0 Å². The summed E-state index contributed by atoms with van der Waals surface area (Å²) in [4.78, 5) is 10.5. The minimum atomic E-state index is -4.06. The highest BCUT2D eigenvalue weighted by Gasteiger charge is 2.21. The van der Waals surface area contributed by atoms with Crippen LogP contribution in [-0.2, 0) is 10.0 Å². The Bertz CT molecular complexity index is 1310. The molecule has 2 N–H and O–H groups in total. The van der Waals surface area contributed by atoms with Gasteiger partial charge in [0.05, 0.1) is 16.0 Å². The zero-order chi connectivity index (χ0) is 22.7. The van der Waals surface area contributed by atoms with Crippen LogP contribution >= 0.6 is 11.6 Å². The first-order valence-electron chi connectivity index (χ1n) is 9.07. The number of anilines is 2. The average molecular weight is 475 g/mol. The summed E-state index contributed by atoms with van der Waals surface area (Å²) in [5, 5.41) is 16.0.